The Morgan fingerprint density at radius 2 is 1.88 bits per heavy atom. The predicted molar refractivity (Wildman–Crippen MR) is 105 cm³/mol. The Morgan fingerprint density at radius 3 is 2.68 bits per heavy atom. The summed E-state index contributed by atoms with van der Waals surface area (Å²) in [5.74, 6) is 0.471. The maximum atomic E-state index is 11.9. The van der Waals surface area contributed by atoms with Crippen LogP contribution in [0, 0.1) is 0 Å². The van der Waals surface area contributed by atoms with Crippen molar-refractivity contribution in [3.8, 4) is 0 Å². The van der Waals surface area contributed by atoms with E-state index in [1.807, 2.05) is 54.6 Å². The third kappa shape index (κ3) is 5.42. The lowest BCUT2D eigenvalue weighted by Crippen LogP contribution is -2.07. The zero-order valence-electron chi connectivity index (χ0n) is 13.1. The predicted octanol–water partition coefficient (Wildman–Crippen LogP) is 5.14. The largest absolute Gasteiger partial charge is 0.297 e. The van der Waals surface area contributed by atoms with Crippen LogP contribution in [0.25, 0.3) is 6.08 Å². The molecule has 0 aliphatic carbocycles. The molecular formula is C18H14ClN3OS2. The number of anilines is 1. The first-order valence-electron chi connectivity index (χ1n) is 7.44. The molecule has 0 aliphatic rings. The van der Waals surface area contributed by atoms with Crippen molar-refractivity contribution in [3.05, 3.63) is 76.8 Å². The number of benzene rings is 2. The fourth-order valence-electron chi connectivity index (χ4n) is 1.96. The monoisotopic (exact) mass is 387 g/mol. The van der Waals surface area contributed by atoms with E-state index < -0.39 is 0 Å². The minimum atomic E-state index is -0.234. The fraction of sp³-hybridized carbons (Fsp3) is 0.0556. The molecule has 0 saturated carbocycles. The lowest BCUT2D eigenvalue weighted by Gasteiger charge is -2.00. The van der Waals surface area contributed by atoms with Gasteiger partial charge in [-0.1, -0.05) is 83.2 Å². The summed E-state index contributed by atoms with van der Waals surface area (Å²) in [6.07, 6.45) is 3.23. The first kappa shape index (κ1) is 17.7. The SMILES string of the molecule is O=C(/C=C/c1ccccc1)Nc1nnc(SCc2ccccc2Cl)s1. The van der Waals surface area contributed by atoms with Crippen LogP contribution in [0.15, 0.2) is 65.0 Å². The second-order valence-corrected chi connectivity index (χ2v) is 7.59. The summed E-state index contributed by atoms with van der Waals surface area (Å²) in [5.41, 5.74) is 2.01. The highest BCUT2D eigenvalue weighted by atomic mass is 35.5. The van der Waals surface area contributed by atoms with Gasteiger partial charge in [-0.2, -0.15) is 0 Å². The average Bonchev–Trinajstić information content (AvgIpc) is 3.07. The molecule has 0 radical (unpaired) electrons. The third-order valence-electron chi connectivity index (χ3n) is 3.17. The summed E-state index contributed by atoms with van der Waals surface area (Å²) in [6.45, 7) is 0. The van der Waals surface area contributed by atoms with Gasteiger partial charge >= 0.3 is 0 Å². The van der Waals surface area contributed by atoms with Gasteiger partial charge in [0.15, 0.2) is 4.34 Å². The van der Waals surface area contributed by atoms with Crippen molar-refractivity contribution in [2.45, 2.75) is 10.1 Å². The van der Waals surface area contributed by atoms with E-state index in [4.69, 9.17) is 11.6 Å². The van der Waals surface area contributed by atoms with Gasteiger partial charge in [-0.3, -0.25) is 10.1 Å². The van der Waals surface area contributed by atoms with E-state index in [1.165, 1.54) is 29.2 Å². The van der Waals surface area contributed by atoms with Gasteiger partial charge in [0, 0.05) is 16.9 Å². The number of rotatable bonds is 6. The van der Waals surface area contributed by atoms with Crippen molar-refractivity contribution >= 4 is 51.8 Å². The highest BCUT2D eigenvalue weighted by molar-refractivity contribution is 8.00. The highest BCUT2D eigenvalue weighted by Crippen LogP contribution is 2.30. The molecule has 0 fully saturated rings. The number of carbonyl (C=O) groups is 1. The molecule has 7 heteroatoms. The Balaban J connectivity index is 1.54. The second kappa shape index (κ2) is 8.80. The van der Waals surface area contributed by atoms with Crippen molar-refractivity contribution in [1.82, 2.24) is 10.2 Å². The van der Waals surface area contributed by atoms with Crippen LogP contribution in [0.3, 0.4) is 0 Å². The lowest BCUT2D eigenvalue weighted by molar-refractivity contribution is -0.111. The first-order valence-corrected chi connectivity index (χ1v) is 9.62. The van der Waals surface area contributed by atoms with E-state index in [0.29, 0.717) is 10.9 Å². The first-order chi connectivity index (χ1) is 12.2. The van der Waals surface area contributed by atoms with Gasteiger partial charge in [-0.05, 0) is 23.3 Å². The number of aromatic nitrogens is 2. The number of hydrogen-bond donors (Lipinski definition) is 1. The molecule has 0 bridgehead atoms. The van der Waals surface area contributed by atoms with Crippen molar-refractivity contribution in [1.29, 1.82) is 0 Å². The van der Waals surface area contributed by atoms with Gasteiger partial charge in [0.25, 0.3) is 0 Å². The molecule has 126 valence electrons. The molecule has 1 N–H and O–H groups in total. The van der Waals surface area contributed by atoms with Gasteiger partial charge in [0.05, 0.1) is 0 Å². The average molecular weight is 388 g/mol. The normalized spacial score (nSPS) is 10.9. The van der Waals surface area contributed by atoms with Crippen molar-refractivity contribution in [3.63, 3.8) is 0 Å². The number of nitrogens with one attached hydrogen (secondary N) is 1. The molecule has 0 aliphatic heterocycles. The maximum Gasteiger partial charge on any atom is 0.250 e. The number of nitrogens with zero attached hydrogens (tertiary/aromatic N) is 2. The molecule has 4 nitrogen and oxygen atoms in total. The van der Waals surface area contributed by atoms with Crippen molar-refractivity contribution < 1.29 is 4.79 Å². The van der Waals surface area contributed by atoms with Crippen LogP contribution in [-0.4, -0.2) is 16.1 Å². The van der Waals surface area contributed by atoms with Crippen LogP contribution in [-0.2, 0) is 10.5 Å². The smallest absolute Gasteiger partial charge is 0.250 e. The Labute approximate surface area is 159 Å². The van der Waals surface area contributed by atoms with Crippen LogP contribution in [0.1, 0.15) is 11.1 Å². The Kier molecular flexibility index (Phi) is 6.22. The number of carbonyl (C=O) groups excluding carboxylic acids is 1. The number of hydrogen-bond acceptors (Lipinski definition) is 5. The third-order valence-corrected chi connectivity index (χ3v) is 5.56. The van der Waals surface area contributed by atoms with Crippen molar-refractivity contribution in [2.75, 3.05) is 5.32 Å². The Hall–Kier alpha value is -2.15. The fourth-order valence-corrected chi connectivity index (χ4v) is 4.00. The molecule has 1 heterocycles. The molecule has 0 unspecified atom stereocenters. The number of thioether (sulfide) groups is 1. The van der Waals surface area contributed by atoms with Crippen molar-refractivity contribution in [2.24, 2.45) is 0 Å². The van der Waals surface area contributed by atoms with E-state index in [2.05, 4.69) is 15.5 Å². The number of halogens is 1. The lowest BCUT2D eigenvalue weighted by atomic mass is 10.2. The van der Waals surface area contributed by atoms with Crippen LogP contribution in [0.5, 0.6) is 0 Å². The highest BCUT2D eigenvalue weighted by Gasteiger charge is 2.08. The molecular weight excluding hydrogens is 374 g/mol. The van der Waals surface area contributed by atoms with Crippen LogP contribution in [0.2, 0.25) is 5.02 Å². The van der Waals surface area contributed by atoms with Gasteiger partial charge < -0.3 is 0 Å². The summed E-state index contributed by atoms with van der Waals surface area (Å²) in [4.78, 5) is 11.9. The van der Waals surface area contributed by atoms with E-state index in [-0.39, 0.29) is 5.91 Å². The van der Waals surface area contributed by atoms with E-state index in [1.54, 1.807) is 6.08 Å². The topological polar surface area (TPSA) is 54.9 Å². The van der Waals surface area contributed by atoms with Crippen LogP contribution < -0.4 is 5.32 Å². The van der Waals surface area contributed by atoms with Crippen LogP contribution >= 0.6 is 34.7 Å². The number of amides is 1. The minimum absolute atomic E-state index is 0.234. The van der Waals surface area contributed by atoms with Gasteiger partial charge in [-0.15, -0.1) is 10.2 Å². The molecule has 0 atom stereocenters. The molecule has 0 spiro atoms. The molecule has 0 saturated heterocycles. The minimum Gasteiger partial charge on any atom is -0.297 e. The van der Waals surface area contributed by atoms with E-state index >= 15 is 0 Å². The quantitative estimate of drug-likeness (QED) is 0.361. The van der Waals surface area contributed by atoms with Gasteiger partial charge in [0.1, 0.15) is 0 Å². The summed E-state index contributed by atoms with van der Waals surface area (Å²) in [7, 11) is 0. The van der Waals surface area contributed by atoms with Gasteiger partial charge in [0.2, 0.25) is 11.0 Å². The van der Waals surface area contributed by atoms with E-state index in [0.717, 1.165) is 20.5 Å². The van der Waals surface area contributed by atoms with E-state index in [9.17, 15) is 4.79 Å². The summed E-state index contributed by atoms with van der Waals surface area (Å²) >= 11 is 9.02. The summed E-state index contributed by atoms with van der Waals surface area (Å²) in [5, 5.41) is 12.0. The maximum absolute atomic E-state index is 11.9. The molecule has 2 aromatic carbocycles. The van der Waals surface area contributed by atoms with Crippen LogP contribution in [0.4, 0.5) is 5.13 Å². The zero-order chi connectivity index (χ0) is 17.5. The van der Waals surface area contributed by atoms with Gasteiger partial charge in [-0.25, -0.2) is 0 Å². The second-order valence-electron chi connectivity index (χ2n) is 4.99. The Morgan fingerprint density at radius 1 is 1.12 bits per heavy atom. The standard InChI is InChI=1S/C18H14ClN3OS2/c19-15-9-5-4-8-14(15)12-24-18-22-21-17(25-18)20-16(23)11-10-13-6-2-1-3-7-13/h1-11H,12H2,(H,20,21,23)/b11-10+. The molecule has 3 rings (SSSR count). The molecule has 3 aromatic rings. The Bertz CT molecular complexity index is 881. The zero-order valence-corrected chi connectivity index (χ0v) is 15.4. The molecule has 1 aromatic heterocycles. The summed E-state index contributed by atoms with van der Waals surface area (Å²) in [6, 6.07) is 17.3. The molecule has 1 amide bonds. The summed E-state index contributed by atoms with van der Waals surface area (Å²) < 4.78 is 0.780. The molecule has 25 heavy (non-hydrogen) atoms.